The van der Waals surface area contributed by atoms with Gasteiger partial charge >= 0.3 is 0 Å². The van der Waals surface area contributed by atoms with Gasteiger partial charge in [0.15, 0.2) is 0 Å². The van der Waals surface area contributed by atoms with Crippen molar-refractivity contribution >= 4 is 22.5 Å². The molecule has 21 heavy (non-hydrogen) atoms. The van der Waals surface area contributed by atoms with Gasteiger partial charge in [-0.3, -0.25) is 0 Å². The van der Waals surface area contributed by atoms with Crippen molar-refractivity contribution in [3.8, 4) is 5.75 Å². The summed E-state index contributed by atoms with van der Waals surface area (Å²) in [4.78, 5) is 2.07. The lowest BCUT2D eigenvalue weighted by Crippen LogP contribution is -1.86. The van der Waals surface area contributed by atoms with E-state index in [9.17, 15) is 5.11 Å². The minimum absolute atomic E-state index is 0.339. The average Bonchev–Trinajstić information content (AvgIpc) is 2.51. The molecule has 3 aromatic rings. The molecule has 0 aromatic heterocycles. The highest BCUT2D eigenvalue weighted by Gasteiger charge is 2.09. The van der Waals surface area contributed by atoms with E-state index in [2.05, 4.69) is 50.2 Å². The predicted molar refractivity (Wildman–Crippen MR) is 90.3 cm³/mol. The standard InChI is InChI=1S/C19H18OS/c1-13(2)14-7-10-16(11-8-14)21-19-17-6-4-3-5-15(17)9-12-18(19)20/h3-13,20H,1-2H3. The number of phenols is 1. The van der Waals surface area contributed by atoms with Crippen LogP contribution in [0.2, 0.25) is 0 Å². The highest BCUT2D eigenvalue weighted by molar-refractivity contribution is 7.99. The van der Waals surface area contributed by atoms with Gasteiger partial charge < -0.3 is 5.11 Å². The summed E-state index contributed by atoms with van der Waals surface area (Å²) >= 11 is 1.61. The zero-order valence-corrected chi connectivity index (χ0v) is 13.0. The first kappa shape index (κ1) is 14.0. The Kier molecular flexibility index (Phi) is 3.89. The van der Waals surface area contributed by atoms with Crippen LogP contribution in [-0.4, -0.2) is 5.11 Å². The van der Waals surface area contributed by atoms with Gasteiger partial charge in [-0.05, 0) is 40.5 Å². The van der Waals surface area contributed by atoms with Gasteiger partial charge in [0.1, 0.15) is 5.75 Å². The van der Waals surface area contributed by atoms with Crippen molar-refractivity contribution in [2.45, 2.75) is 29.6 Å². The summed E-state index contributed by atoms with van der Waals surface area (Å²) in [5, 5.41) is 12.4. The fourth-order valence-electron chi connectivity index (χ4n) is 2.38. The van der Waals surface area contributed by atoms with Crippen molar-refractivity contribution in [3.63, 3.8) is 0 Å². The number of fused-ring (bicyclic) bond motifs is 1. The Hall–Kier alpha value is -1.93. The fraction of sp³-hybridized carbons (Fsp3) is 0.158. The molecule has 0 amide bonds. The van der Waals surface area contributed by atoms with Crippen molar-refractivity contribution in [1.82, 2.24) is 0 Å². The summed E-state index contributed by atoms with van der Waals surface area (Å²) in [6.07, 6.45) is 0. The summed E-state index contributed by atoms with van der Waals surface area (Å²) in [6, 6.07) is 20.5. The maximum atomic E-state index is 10.2. The van der Waals surface area contributed by atoms with Gasteiger partial charge in [0, 0.05) is 4.90 Å². The molecule has 0 spiro atoms. The molecule has 3 rings (SSSR count). The van der Waals surface area contributed by atoms with Crippen molar-refractivity contribution in [2.24, 2.45) is 0 Å². The first-order valence-corrected chi connectivity index (χ1v) is 7.95. The van der Waals surface area contributed by atoms with E-state index in [4.69, 9.17) is 0 Å². The smallest absolute Gasteiger partial charge is 0.130 e. The minimum atomic E-state index is 0.339. The molecule has 1 N–H and O–H groups in total. The van der Waals surface area contributed by atoms with E-state index in [1.807, 2.05) is 18.2 Å². The molecule has 0 bridgehead atoms. The second-order valence-corrected chi connectivity index (χ2v) is 6.54. The van der Waals surface area contributed by atoms with Gasteiger partial charge in [0.05, 0.1) is 4.90 Å². The van der Waals surface area contributed by atoms with Gasteiger partial charge in [0.25, 0.3) is 0 Å². The van der Waals surface area contributed by atoms with E-state index in [1.165, 1.54) is 5.56 Å². The zero-order valence-electron chi connectivity index (χ0n) is 12.2. The van der Waals surface area contributed by atoms with E-state index >= 15 is 0 Å². The summed E-state index contributed by atoms with van der Waals surface area (Å²) in [7, 11) is 0. The molecule has 1 nitrogen and oxygen atoms in total. The quantitative estimate of drug-likeness (QED) is 0.656. The summed E-state index contributed by atoms with van der Waals surface area (Å²) in [5.74, 6) is 0.877. The van der Waals surface area contributed by atoms with Gasteiger partial charge in [-0.2, -0.15) is 0 Å². The molecule has 0 radical (unpaired) electrons. The molecule has 0 aliphatic rings. The number of hydrogen-bond acceptors (Lipinski definition) is 2. The van der Waals surface area contributed by atoms with Crippen molar-refractivity contribution in [2.75, 3.05) is 0 Å². The molecule has 0 unspecified atom stereocenters. The third-order valence-corrected chi connectivity index (χ3v) is 4.77. The molecule has 106 valence electrons. The molecular formula is C19H18OS. The maximum absolute atomic E-state index is 10.2. The highest BCUT2D eigenvalue weighted by Crippen LogP contribution is 2.39. The van der Waals surface area contributed by atoms with Crippen LogP contribution >= 0.6 is 11.8 Å². The van der Waals surface area contributed by atoms with Crippen LogP contribution in [0.4, 0.5) is 0 Å². The second-order valence-electron chi connectivity index (χ2n) is 5.46. The van der Waals surface area contributed by atoms with Crippen LogP contribution in [0.25, 0.3) is 10.8 Å². The van der Waals surface area contributed by atoms with Gasteiger partial charge in [-0.15, -0.1) is 0 Å². The van der Waals surface area contributed by atoms with Crippen LogP contribution in [0.3, 0.4) is 0 Å². The van der Waals surface area contributed by atoms with Crippen molar-refractivity contribution < 1.29 is 5.11 Å². The molecule has 0 heterocycles. The lowest BCUT2D eigenvalue weighted by atomic mass is 10.0. The molecule has 0 atom stereocenters. The van der Waals surface area contributed by atoms with E-state index in [1.54, 1.807) is 17.8 Å². The molecule has 0 saturated carbocycles. The van der Waals surface area contributed by atoms with Crippen LogP contribution in [0.5, 0.6) is 5.75 Å². The van der Waals surface area contributed by atoms with E-state index in [0.717, 1.165) is 20.6 Å². The lowest BCUT2D eigenvalue weighted by molar-refractivity contribution is 0.464. The molecule has 0 aliphatic heterocycles. The van der Waals surface area contributed by atoms with Crippen LogP contribution in [0.1, 0.15) is 25.3 Å². The normalized spacial score (nSPS) is 11.2. The average molecular weight is 294 g/mol. The Morgan fingerprint density at radius 1 is 0.857 bits per heavy atom. The fourth-order valence-corrected chi connectivity index (χ4v) is 3.35. The Bertz CT molecular complexity index is 760. The summed E-state index contributed by atoms with van der Waals surface area (Å²) in [6.45, 7) is 4.39. The number of rotatable bonds is 3. The third kappa shape index (κ3) is 2.91. The van der Waals surface area contributed by atoms with Crippen LogP contribution in [0, 0.1) is 0 Å². The Morgan fingerprint density at radius 3 is 2.29 bits per heavy atom. The predicted octanol–water partition coefficient (Wildman–Crippen LogP) is 5.82. The SMILES string of the molecule is CC(C)c1ccc(Sc2c(O)ccc3ccccc23)cc1. The van der Waals surface area contributed by atoms with Gasteiger partial charge in [-0.1, -0.05) is 68.1 Å². The lowest BCUT2D eigenvalue weighted by Gasteiger charge is -2.10. The Balaban J connectivity index is 1.99. The van der Waals surface area contributed by atoms with Crippen molar-refractivity contribution in [1.29, 1.82) is 0 Å². The number of benzene rings is 3. The minimum Gasteiger partial charge on any atom is -0.507 e. The van der Waals surface area contributed by atoms with Crippen molar-refractivity contribution in [3.05, 3.63) is 66.2 Å². The molecule has 0 saturated heterocycles. The largest absolute Gasteiger partial charge is 0.507 e. The van der Waals surface area contributed by atoms with E-state index < -0.39 is 0 Å². The third-order valence-electron chi connectivity index (χ3n) is 3.63. The number of phenolic OH excluding ortho intramolecular Hbond substituents is 1. The van der Waals surface area contributed by atoms with Crippen LogP contribution < -0.4 is 0 Å². The first-order chi connectivity index (χ1) is 10.1. The Labute approximate surface area is 129 Å². The second kappa shape index (κ2) is 5.82. The molecule has 0 aliphatic carbocycles. The maximum Gasteiger partial charge on any atom is 0.130 e. The topological polar surface area (TPSA) is 20.2 Å². The summed E-state index contributed by atoms with van der Waals surface area (Å²) < 4.78 is 0. The molecule has 2 heteroatoms. The molecule has 0 fully saturated rings. The monoisotopic (exact) mass is 294 g/mol. The summed E-state index contributed by atoms with van der Waals surface area (Å²) in [5.41, 5.74) is 1.33. The van der Waals surface area contributed by atoms with Gasteiger partial charge in [0.2, 0.25) is 0 Å². The van der Waals surface area contributed by atoms with Crippen LogP contribution in [0.15, 0.2) is 70.5 Å². The number of hydrogen-bond donors (Lipinski definition) is 1. The Morgan fingerprint density at radius 2 is 1.57 bits per heavy atom. The van der Waals surface area contributed by atoms with E-state index in [-0.39, 0.29) is 0 Å². The zero-order chi connectivity index (χ0) is 14.8. The first-order valence-electron chi connectivity index (χ1n) is 7.13. The van der Waals surface area contributed by atoms with Crippen LogP contribution in [-0.2, 0) is 0 Å². The highest BCUT2D eigenvalue weighted by atomic mass is 32.2. The van der Waals surface area contributed by atoms with E-state index in [0.29, 0.717) is 11.7 Å². The van der Waals surface area contributed by atoms with Gasteiger partial charge in [-0.25, -0.2) is 0 Å². The molecular weight excluding hydrogens is 276 g/mol. The number of aromatic hydroxyl groups is 1. The molecule has 3 aromatic carbocycles.